The number of amides is 1. The molecule has 0 radical (unpaired) electrons. The molecule has 0 saturated carbocycles. The fourth-order valence-electron chi connectivity index (χ4n) is 1.86. The van der Waals surface area contributed by atoms with Gasteiger partial charge in [-0.3, -0.25) is 4.79 Å². The molecule has 0 unspecified atom stereocenters. The SMILES string of the molecule is O=C(CCOC1CCNCC1)Nc1cnc(Br)cn1. The first kappa shape index (κ1) is 14.4. The number of hydrogen-bond acceptors (Lipinski definition) is 5. The number of carbonyl (C=O) groups excluding carboxylic acids is 1. The van der Waals surface area contributed by atoms with Gasteiger partial charge in [0.05, 0.1) is 31.5 Å². The van der Waals surface area contributed by atoms with Gasteiger partial charge in [-0.2, -0.15) is 0 Å². The zero-order valence-electron chi connectivity index (χ0n) is 10.6. The Morgan fingerprint density at radius 1 is 1.42 bits per heavy atom. The zero-order chi connectivity index (χ0) is 13.5. The monoisotopic (exact) mass is 328 g/mol. The number of rotatable bonds is 5. The maximum Gasteiger partial charge on any atom is 0.227 e. The van der Waals surface area contributed by atoms with Crippen molar-refractivity contribution in [1.82, 2.24) is 15.3 Å². The molecule has 0 spiro atoms. The van der Waals surface area contributed by atoms with Gasteiger partial charge in [-0.05, 0) is 41.9 Å². The third kappa shape index (κ3) is 5.22. The first-order valence-electron chi connectivity index (χ1n) is 6.34. The summed E-state index contributed by atoms with van der Waals surface area (Å²) in [7, 11) is 0. The van der Waals surface area contributed by atoms with Crippen LogP contribution < -0.4 is 10.6 Å². The van der Waals surface area contributed by atoms with Gasteiger partial charge in [0.25, 0.3) is 0 Å². The van der Waals surface area contributed by atoms with Gasteiger partial charge in [0.15, 0.2) is 5.82 Å². The molecule has 1 amide bonds. The fraction of sp³-hybridized carbons (Fsp3) is 0.583. The van der Waals surface area contributed by atoms with Crippen molar-refractivity contribution in [3.63, 3.8) is 0 Å². The summed E-state index contributed by atoms with van der Waals surface area (Å²) in [6.45, 7) is 2.43. The van der Waals surface area contributed by atoms with Crippen LogP contribution in [-0.4, -0.2) is 41.7 Å². The Morgan fingerprint density at radius 2 is 2.21 bits per heavy atom. The Labute approximate surface area is 120 Å². The Hall–Kier alpha value is -1.05. The molecular weight excluding hydrogens is 312 g/mol. The van der Waals surface area contributed by atoms with Gasteiger partial charge in [-0.1, -0.05) is 0 Å². The first-order chi connectivity index (χ1) is 9.24. The summed E-state index contributed by atoms with van der Waals surface area (Å²) >= 11 is 3.19. The number of aromatic nitrogens is 2. The second-order valence-electron chi connectivity index (χ2n) is 4.34. The van der Waals surface area contributed by atoms with E-state index in [0.29, 0.717) is 23.4 Å². The van der Waals surface area contributed by atoms with Crippen LogP contribution in [0.15, 0.2) is 17.0 Å². The average molecular weight is 329 g/mol. The molecule has 2 rings (SSSR count). The number of halogens is 1. The summed E-state index contributed by atoms with van der Waals surface area (Å²) in [6, 6.07) is 0. The molecular formula is C12H17BrN4O2. The largest absolute Gasteiger partial charge is 0.378 e. The molecule has 1 aromatic rings. The molecule has 104 valence electrons. The molecule has 2 N–H and O–H groups in total. The lowest BCUT2D eigenvalue weighted by Crippen LogP contribution is -2.33. The van der Waals surface area contributed by atoms with Gasteiger partial charge in [0.1, 0.15) is 4.60 Å². The van der Waals surface area contributed by atoms with E-state index < -0.39 is 0 Å². The molecule has 0 aromatic carbocycles. The topological polar surface area (TPSA) is 76.1 Å². The summed E-state index contributed by atoms with van der Waals surface area (Å²) in [5.41, 5.74) is 0. The first-order valence-corrected chi connectivity index (χ1v) is 7.13. The second-order valence-corrected chi connectivity index (χ2v) is 5.16. The second kappa shape index (κ2) is 7.52. The molecule has 0 bridgehead atoms. The van der Waals surface area contributed by atoms with Gasteiger partial charge in [0, 0.05) is 0 Å². The standard InChI is InChI=1S/C12H17BrN4O2/c13-10-7-16-11(8-15-10)17-12(18)3-6-19-9-1-4-14-5-2-9/h7-9,14H,1-6H2,(H,16,17,18). The van der Waals surface area contributed by atoms with Crippen molar-refractivity contribution in [3.8, 4) is 0 Å². The summed E-state index contributed by atoms with van der Waals surface area (Å²) < 4.78 is 6.30. The van der Waals surface area contributed by atoms with Crippen LogP contribution in [0.2, 0.25) is 0 Å². The third-order valence-corrected chi connectivity index (χ3v) is 3.27. The summed E-state index contributed by atoms with van der Waals surface area (Å²) in [6.07, 6.45) is 5.69. The Bertz CT molecular complexity index is 407. The molecule has 1 fully saturated rings. The van der Waals surface area contributed by atoms with Crippen LogP contribution in [0.5, 0.6) is 0 Å². The van der Waals surface area contributed by atoms with E-state index in [9.17, 15) is 4.79 Å². The highest BCUT2D eigenvalue weighted by Gasteiger charge is 2.13. The highest BCUT2D eigenvalue weighted by atomic mass is 79.9. The van der Waals surface area contributed by atoms with E-state index in [-0.39, 0.29) is 12.0 Å². The smallest absolute Gasteiger partial charge is 0.227 e. The molecule has 1 aliphatic heterocycles. The highest BCUT2D eigenvalue weighted by molar-refractivity contribution is 9.10. The summed E-state index contributed by atoms with van der Waals surface area (Å²) in [4.78, 5) is 19.7. The maximum atomic E-state index is 11.7. The lowest BCUT2D eigenvalue weighted by atomic mass is 10.1. The van der Waals surface area contributed by atoms with Crippen LogP contribution >= 0.6 is 15.9 Å². The predicted molar refractivity (Wildman–Crippen MR) is 74.8 cm³/mol. The molecule has 1 aliphatic rings. The number of anilines is 1. The minimum Gasteiger partial charge on any atom is -0.378 e. The number of ether oxygens (including phenoxy) is 1. The van der Waals surface area contributed by atoms with Gasteiger partial charge < -0.3 is 15.4 Å². The quantitative estimate of drug-likeness (QED) is 0.852. The number of piperidine rings is 1. The van der Waals surface area contributed by atoms with Crippen molar-refractivity contribution in [2.75, 3.05) is 25.0 Å². The van der Waals surface area contributed by atoms with Crippen LogP contribution in [0.25, 0.3) is 0 Å². The van der Waals surface area contributed by atoms with E-state index in [0.717, 1.165) is 25.9 Å². The summed E-state index contributed by atoms with van der Waals surface area (Å²) in [5.74, 6) is 0.348. The van der Waals surface area contributed by atoms with E-state index >= 15 is 0 Å². The Morgan fingerprint density at radius 3 is 2.89 bits per heavy atom. The summed E-state index contributed by atoms with van der Waals surface area (Å²) in [5, 5.41) is 5.95. The number of nitrogens with one attached hydrogen (secondary N) is 2. The number of carbonyl (C=O) groups is 1. The van der Waals surface area contributed by atoms with E-state index in [2.05, 4.69) is 36.5 Å². The van der Waals surface area contributed by atoms with Crippen molar-refractivity contribution in [2.45, 2.75) is 25.4 Å². The lowest BCUT2D eigenvalue weighted by molar-refractivity contribution is -0.117. The van der Waals surface area contributed by atoms with Crippen molar-refractivity contribution >= 4 is 27.7 Å². The fourth-order valence-corrected chi connectivity index (χ4v) is 2.07. The number of hydrogen-bond donors (Lipinski definition) is 2. The molecule has 6 nitrogen and oxygen atoms in total. The Balaban J connectivity index is 1.65. The molecule has 1 saturated heterocycles. The third-order valence-electron chi connectivity index (χ3n) is 2.86. The highest BCUT2D eigenvalue weighted by Crippen LogP contribution is 2.09. The van der Waals surface area contributed by atoms with Crippen LogP contribution in [0.4, 0.5) is 5.82 Å². The van der Waals surface area contributed by atoms with E-state index in [4.69, 9.17) is 4.74 Å². The van der Waals surface area contributed by atoms with Gasteiger partial charge in [-0.15, -0.1) is 0 Å². The van der Waals surface area contributed by atoms with E-state index in [1.807, 2.05) is 0 Å². The molecule has 7 heteroatoms. The number of nitrogens with zero attached hydrogens (tertiary/aromatic N) is 2. The Kier molecular flexibility index (Phi) is 5.68. The zero-order valence-corrected chi connectivity index (χ0v) is 12.1. The molecule has 2 heterocycles. The van der Waals surface area contributed by atoms with Crippen molar-refractivity contribution in [1.29, 1.82) is 0 Å². The molecule has 0 aliphatic carbocycles. The normalized spacial score (nSPS) is 16.3. The predicted octanol–water partition coefficient (Wildman–Crippen LogP) is 1.34. The van der Waals surface area contributed by atoms with Crippen molar-refractivity contribution in [2.24, 2.45) is 0 Å². The van der Waals surface area contributed by atoms with Crippen LogP contribution in [-0.2, 0) is 9.53 Å². The van der Waals surface area contributed by atoms with Crippen LogP contribution in [0.1, 0.15) is 19.3 Å². The average Bonchev–Trinajstić information content (AvgIpc) is 2.43. The minimum absolute atomic E-state index is 0.106. The molecule has 19 heavy (non-hydrogen) atoms. The van der Waals surface area contributed by atoms with Crippen LogP contribution in [0, 0.1) is 0 Å². The van der Waals surface area contributed by atoms with Crippen LogP contribution in [0.3, 0.4) is 0 Å². The van der Waals surface area contributed by atoms with Gasteiger partial charge >= 0.3 is 0 Å². The van der Waals surface area contributed by atoms with E-state index in [1.54, 1.807) is 6.20 Å². The minimum atomic E-state index is -0.106. The van der Waals surface area contributed by atoms with Gasteiger partial charge in [0.2, 0.25) is 5.91 Å². The van der Waals surface area contributed by atoms with Crippen molar-refractivity contribution < 1.29 is 9.53 Å². The maximum absolute atomic E-state index is 11.7. The van der Waals surface area contributed by atoms with Crippen molar-refractivity contribution in [3.05, 3.63) is 17.0 Å². The molecule has 1 aromatic heterocycles. The molecule has 0 atom stereocenters. The van der Waals surface area contributed by atoms with E-state index in [1.165, 1.54) is 6.20 Å². The lowest BCUT2D eigenvalue weighted by Gasteiger charge is -2.22. The van der Waals surface area contributed by atoms with Gasteiger partial charge in [-0.25, -0.2) is 9.97 Å².